The molecular formula is C35H36N2O7S2. The van der Waals surface area contributed by atoms with E-state index in [0.717, 1.165) is 11.1 Å². The van der Waals surface area contributed by atoms with Gasteiger partial charge in [0.1, 0.15) is 11.6 Å². The van der Waals surface area contributed by atoms with E-state index in [2.05, 4.69) is 17.9 Å². The van der Waals surface area contributed by atoms with Crippen LogP contribution >= 0.6 is 24.0 Å². The molecule has 0 saturated heterocycles. The number of hydrogen-bond donors (Lipinski definition) is 3. The summed E-state index contributed by atoms with van der Waals surface area (Å²) < 4.78 is 11.6. The fourth-order valence-electron chi connectivity index (χ4n) is 4.86. The van der Waals surface area contributed by atoms with Gasteiger partial charge in [0.15, 0.2) is 6.10 Å². The Hall–Kier alpha value is -4.61. The number of aromatic carboxylic acids is 1. The van der Waals surface area contributed by atoms with Crippen LogP contribution in [0.4, 0.5) is 4.79 Å². The number of ether oxygens (including phenoxy) is 2. The number of hydrogen-bond acceptors (Lipinski definition) is 8. The van der Waals surface area contributed by atoms with Crippen LogP contribution in [0, 0.1) is 0 Å². The van der Waals surface area contributed by atoms with Gasteiger partial charge in [0, 0.05) is 17.2 Å². The second-order valence-corrected chi connectivity index (χ2v) is 12.7. The first-order chi connectivity index (χ1) is 22.0. The minimum Gasteiger partial charge on any atom is -0.478 e. The van der Waals surface area contributed by atoms with E-state index in [4.69, 9.17) is 9.47 Å². The number of nitrogens with one attached hydrogen (secondary N) is 1. The molecule has 0 bridgehead atoms. The molecule has 2 atom stereocenters. The van der Waals surface area contributed by atoms with Gasteiger partial charge in [0.2, 0.25) is 0 Å². The number of esters is 1. The highest BCUT2D eigenvalue weighted by Crippen LogP contribution is 2.32. The van der Waals surface area contributed by atoms with Crippen LogP contribution in [0.25, 0.3) is 0 Å². The first-order valence-corrected chi connectivity index (χ1v) is 16.1. The molecule has 0 aliphatic heterocycles. The zero-order valence-electron chi connectivity index (χ0n) is 25.7. The molecule has 4 aromatic rings. The lowest BCUT2D eigenvalue weighted by Gasteiger charge is -2.37. The van der Waals surface area contributed by atoms with Crippen molar-refractivity contribution in [1.82, 2.24) is 10.2 Å². The molecule has 3 aromatic carbocycles. The fourth-order valence-corrected chi connectivity index (χ4v) is 6.01. The number of carboxylic acid groups (broad SMARTS) is 1. The molecule has 11 heteroatoms. The van der Waals surface area contributed by atoms with Gasteiger partial charge < -0.3 is 24.8 Å². The number of alkyl carbamates (subject to hydrolysis) is 1. The zero-order chi connectivity index (χ0) is 33.3. The van der Waals surface area contributed by atoms with Crippen molar-refractivity contribution in [2.75, 3.05) is 12.3 Å². The van der Waals surface area contributed by atoms with Crippen molar-refractivity contribution in [3.8, 4) is 0 Å². The van der Waals surface area contributed by atoms with Gasteiger partial charge in [-0.1, -0.05) is 78.9 Å². The summed E-state index contributed by atoms with van der Waals surface area (Å²) in [4.78, 5) is 55.6. The summed E-state index contributed by atoms with van der Waals surface area (Å²) >= 11 is 5.82. The molecule has 2 N–H and O–H groups in total. The van der Waals surface area contributed by atoms with Gasteiger partial charge in [-0.05, 0) is 55.5 Å². The number of rotatable bonds is 12. The average molecular weight is 661 g/mol. The molecule has 0 aliphatic rings. The SMILES string of the molecule is CC(C)(C)OC(=O)NCC(c1cccs1)N(C(=O)c1ccccc1C(=O)O)[C@@H](CS)C(=O)OC(c1ccccc1)c1ccccc1. The van der Waals surface area contributed by atoms with E-state index in [-0.39, 0.29) is 23.4 Å². The Bertz CT molecular complexity index is 1580. The molecule has 46 heavy (non-hydrogen) atoms. The number of thiophene rings is 1. The molecule has 0 spiro atoms. The molecule has 0 aliphatic carbocycles. The maximum absolute atomic E-state index is 14.5. The summed E-state index contributed by atoms with van der Waals surface area (Å²) in [6.45, 7) is 5.04. The van der Waals surface area contributed by atoms with E-state index >= 15 is 0 Å². The van der Waals surface area contributed by atoms with E-state index in [1.165, 1.54) is 34.4 Å². The van der Waals surface area contributed by atoms with Crippen LogP contribution in [0.5, 0.6) is 0 Å². The van der Waals surface area contributed by atoms with Gasteiger partial charge >= 0.3 is 18.0 Å². The smallest absolute Gasteiger partial charge is 0.407 e. The molecule has 240 valence electrons. The predicted molar refractivity (Wildman–Crippen MR) is 179 cm³/mol. The molecule has 0 saturated carbocycles. The lowest BCUT2D eigenvalue weighted by atomic mass is 10.0. The minimum atomic E-state index is -1.30. The summed E-state index contributed by atoms with van der Waals surface area (Å²) in [5, 5.41) is 14.5. The normalized spacial score (nSPS) is 12.5. The third-order valence-electron chi connectivity index (χ3n) is 6.89. The third kappa shape index (κ3) is 8.76. The van der Waals surface area contributed by atoms with Crippen molar-refractivity contribution < 1.29 is 33.8 Å². The van der Waals surface area contributed by atoms with Crippen LogP contribution < -0.4 is 5.32 Å². The first kappa shape index (κ1) is 34.3. The monoisotopic (exact) mass is 660 g/mol. The summed E-state index contributed by atoms with van der Waals surface area (Å²) in [6.07, 6.45) is -1.52. The predicted octanol–water partition coefficient (Wildman–Crippen LogP) is 6.79. The van der Waals surface area contributed by atoms with E-state index in [9.17, 15) is 24.3 Å². The Balaban J connectivity index is 1.80. The average Bonchev–Trinajstić information content (AvgIpc) is 3.58. The van der Waals surface area contributed by atoms with Crippen molar-refractivity contribution in [2.24, 2.45) is 0 Å². The zero-order valence-corrected chi connectivity index (χ0v) is 27.4. The number of amides is 2. The second-order valence-electron chi connectivity index (χ2n) is 11.3. The highest BCUT2D eigenvalue weighted by Gasteiger charge is 2.40. The number of carbonyl (C=O) groups excluding carboxylic acids is 3. The van der Waals surface area contributed by atoms with Crippen LogP contribution in [-0.4, -0.2) is 57.9 Å². The van der Waals surface area contributed by atoms with Crippen LogP contribution in [0.15, 0.2) is 102 Å². The van der Waals surface area contributed by atoms with Gasteiger partial charge in [0.05, 0.1) is 17.2 Å². The largest absolute Gasteiger partial charge is 0.478 e. The van der Waals surface area contributed by atoms with Crippen LogP contribution in [0.1, 0.15) is 69.6 Å². The van der Waals surface area contributed by atoms with Crippen molar-refractivity contribution in [3.63, 3.8) is 0 Å². The number of benzene rings is 3. The molecular weight excluding hydrogens is 625 g/mol. The maximum atomic E-state index is 14.5. The molecule has 1 heterocycles. The Morgan fingerprint density at radius 3 is 1.91 bits per heavy atom. The Labute approximate surface area is 277 Å². The van der Waals surface area contributed by atoms with Gasteiger partial charge in [-0.15, -0.1) is 11.3 Å². The van der Waals surface area contributed by atoms with E-state index in [1.807, 2.05) is 60.7 Å². The molecule has 2 amide bonds. The topological polar surface area (TPSA) is 122 Å². The third-order valence-corrected chi connectivity index (χ3v) is 8.21. The van der Waals surface area contributed by atoms with E-state index < -0.39 is 47.7 Å². The van der Waals surface area contributed by atoms with Gasteiger partial charge in [0.25, 0.3) is 5.91 Å². The quantitative estimate of drug-likeness (QED) is 0.113. The Morgan fingerprint density at radius 2 is 1.41 bits per heavy atom. The maximum Gasteiger partial charge on any atom is 0.407 e. The van der Waals surface area contributed by atoms with Crippen molar-refractivity contribution in [3.05, 3.63) is 130 Å². The molecule has 4 rings (SSSR count). The molecule has 9 nitrogen and oxygen atoms in total. The summed E-state index contributed by atoms with van der Waals surface area (Å²) in [5.74, 6) is -2.96. The molecule has 0 radical (unpaired) electrons. The molecule has 1 unspecified atom stereocenters. The summed E-state index contributed by atoms with van der Waals surface area (Å²) in [5.41, 5.74) is 0.294. The molecule has 0 fully saturated rings. The lowest BCUT2D eigenvalue weighted by Crippen LogP contribution is -2.52. The highest BCUT2D eigenvalue weighted by atomic mass is 32.1. The summed E-state index contributed by atoms with van der Waals surface area (Å²) in [6, 6.07) is 25.5. The lowest BCUT2D eigenvalue weighted by molar-refractivity contribution is -0.153. The van der Waals surface area contributed by atoms with Crippen molar-refractivity contribution >= 4 is 47.9 Å². The number of carboxylic acids is 1. The van der Waals surface area contributed by atoms with E-state index in [1.54, 1.807) is 44.4 Å². The van der Waals surface area contributed by atoms with Crippen LogP contribution in [0.3, 0.4) is 0 Å². The van der Waals surface area contributed by atoms with Crippen LogP contribution in [0.2, 0.25) is 0 Å². The Morgan fingerprint density at radius 1 is 0.848 bits per heavy atom. The number of nitrogens with zero attached hydrogens (tertiary/aromatic N) is 1. The fraction of sp³-hybridized carbons (Fsp3) is 0.257. The molecule has 1 aromatic heterocycles. The van der Waals surface area contributed by atoms with Crippen molar-refractivity contribution in [2.45, 2.75) is 44.6 Å². The Kier molecular flexibility index (Phi) is 11.6. The van der Waals surface area contributed by atoms with Crippen LogP contribution in [-0.2, 0) is 14.3 Å². The van der Waals surface area contributed by atoms with Gasteiger partial charge in [-0.2, -0.15) is 12.6 Å². The van der Waals surface area contributed by atoms with E-state index in [0.29, 0.717) is 4.88 Å². The number of carbonyl (C=O) groups is 4. The summed E-state index contributed by atoms with van der Waals surface area (Å²) in [7, 11) is 0. The number of thiol groups is 1. The van der Waals surface area contributed by atoms with Gasteiger partial charge in [-0.3, -0.25) is 4.79 Å². The minimum absolute atomic E-state index is 0.129. The highest BCUT2D eigenvalue weighted by molar-refractivity contribution is 7.80. The first-order valence-electron chi connectivity index (χ1n) is 14.6. The second kappa shape index (κ2) is 15.6. The standard InChI is InChI=1S/C35H36N2O7S2/c1-35(2,3)44-34(42)36-21-27(29-19-12-20-46-29)37(31(38)25-17-10-11-18-26(25)32(39)40)28(22-45)33(41)43-30(23-13-6-4-7-14-23)24-15-8-5-9-16-24/h4-20,27-28,30,45H,21-22H2,1-3H3,(H,36,42)(H,39,40)/t27?,28-/m0/s1. The van der Waals surface area contributed by atoms with Gasteiger partial charge in [-0.25, -0.2) is 14.4 Å². The van der Waals surface area contributed by atoms with Crippen molar-refractivity contribution in [1.29, 1.82) is 0 Å².